The van der Waals surface area contributed by atoms with Gasteiger partial charge in [0.15, 0.2) is 5.82 Å². The summed E-state index contributed by atoms with van der Waals surface area (Å²) < 4.78 is 7.03. The number of hydrogen-bond acceptors (Lipinski definition) is 5. The Morgan fingerprint density at radius 3 is 2.53 bits per heavy atom. The summed E-state index contributed by atoms with van der Waals surface area (Å²) in [7, 11) is 1.58. The molecule has 3 aromatic carbocycles. The van der Waals surface area contributed by atoms with Crippen molar-refractivity contribution in [3.63, 3.8) is 0 Å². The second-order valence-electron chi connectivity index (χ2n) is 7.05. The summed E-state index contributed by atoms with van der Waals surface area (Å²) in [5, 5.41) is 14.6. The zero-order chi connectivity index (χ0) is 22.5. The summed E-state index contributed by atoms with van der Waals surface area (Å²) in [6, 6.07) is 22.3. The molecule has 2 N–H and O–H groups in total. The minimum Gasteiger partial charge on any atom is -0.497 e. The Labute approximate surface area is 190 Å². The maximum Gasteiger partial charge on any atom is 0.255 e. The molecule has 0 fully saturated rings. The van der Waals surface area contributed by atoms with E-state index in [1.54, 1.807) is 37.6 Å². The number of H-pyrrole nitrogens is 1. The highest BCUT2D eigenvalue weighted by atomic mass is 32.1. The third-order valence-electron chi connectivity index (χ3n) is 4.82. The third-order valence-corrected chi connectivity index (χ3v) is 5.08. The minimum atomic E-state index is -0.246. The number of carbonyl (C=O) groups excluding carboxylic acids is 1. The zero-order valence-electron chi connectivity index (χ0n) is 17.6. The predicted molar refractivity (Wildman–Crippen MR) is 128 cm³/mol. The van der Waals surface area contributed by atoms with Crippen LogP contribution in [0.1, 0.15) is 21.5 Å². The van der Waals surface area contributed by atoms with Crippen molar-refractivity contribution in [1.82, 2.24) is 14.9 Å². The van der Waals surface area contributed by atoms with Crippen molar-refractivity contribution in [2.45, 2.75) is 6.92 Å². The smallest absolute Gasteiger partial charge is 0.255 e. The Balaban J connectivity index is 1.64. The molecule has 0 spiro atoms. The lowest BCUT2D eigenvalue weighted by molar-refractivity contribution is 0.102. The molecule has 7 nitrogen and oxygen atoms in total. The van der Waals surface area contributed by atoms with Gasteiger partial charge in [-0.3, -0.25) is 4.79 Å². The average molecular weight is 444 g/mol. The van der Waals surface area contributed by atoms with Crippen molar-refractivity contribution in [2.75, 3.05) is 12.4 Å². The van der Waals surface area contributed by atoms with Crippen LogP contribution < -0.4 is 10.1 Å². The molecular weight excluding hydrogens is 422 g/mol. The fourth-order valence-electron chi connectivity index (χ4n) is 3.07. The van der Waals surface area contributed by atoms with E-state index in [-0.39, 0.29) is 5.91 Å². The molecule has 160 valence electrons. The molecule has 1 amide bonds. The molecule has 0 aliphatic heterocycles. The number of aromatic nitrogens is 3. The second-order valence-corrected chi connectivity index (χ2v) is 7.43. The van der Waals surface area contributed by atoms with Gasteiger partial charge in [0.2, 0.25) is 4.77 Å². The second kappa shape index (κ2) is 9.40. The molecule has 8 heteroatoms. The van der Waals surface area contributed by atoms with Gasteiger partial charge in [-0.1, -0.05) is 42.0 Å². The molecule has 1 heterocycles. The molecular formula is C24H21N5O2S. The SMILES string of the molecule is COc1ccc(C(=O)Nc2ccccc2-c2n[nH]c(=S)n2/N=C/c2ccc(C)cc2)cc1. The van der Waals surface area contributed by atoms with E-state index >= 15 is 0 Å². The number of methoxy groups -OCH3 is 1. The van der Waals surface area contributed by atoms with Crippen molar-refractivity contribution >= 4 is 30.0 Å². The molecule has 0 saturated carbocycles. The summed E-state index contributed by atoms with van der Waals surface area (Å²) in [5.74, 6) is 0.928. The number of anilines is 1. The molecule has 0 bridgehead atoms. The molecule has 0 saturated heterocycles. The van der Waals surface area contributed by atoms with E-state index in [4.69, 9.17) is 17.0 Å². The van der Waals surface area contributed by atoms with Crippen molar-refractivity contribution in [3.8, 4) is 17.1 Å². The summed E-state index contributed by atoms with van der Waals surface area (Å²) in [5.41, 5.74) is 3.89. The Hall–Kier alpha value is -4.04. The van der Waals surface area contributed by atoms with E-state index in [2.05, 4.69) is 20.6 Å². The van der Waals surface area contributed by atoms with Gasteiger partial charge in [0, 0.05) is 11.1 Å². The number of carbonyl (C=O) groups is 1. The average Bonchev–Trinajstić information content (AvgIpc) is 3.19. The van der Waals surface area contributed by atoms with Crippen LogP contribution in [-0.2, 0) is 0 Å². The van der Waals surface area contributed by atoms with Gasteiger partial charge in [0.1, 0.15) is 5.75 Å². The summed E-state index contributed by atoms with van der Waals surface area (Å²) in [6.07, 6.45) is 1.72. The third kappa shape index (κ3) is 4.65. The van der Waals surface area contributed by atoms with Crippen molar-refractivity contribution in [2.24, 2.45) is 5.10 Å². The Kier molecular flexibility index (Phi) is 6.23. The van der Waals surface area contributed by atoms with Crippen LogP contribution in [0.2, 0.25) is 0 Å². The quantitative estimate of drug-likeness (QED) is 0.322. The maximum absolute atomic E-state index is 12.8. The van der Waals surface area contributed by atoms with Gasteiger partial charge in [0.25, 0.3) is 5.91 Å². The lowest BCUT2D eigenvalue weighted by atomic mass is 10.1. The van der Waals surface area contributed by atoms with E-state index in [9.17, 15) is 4.79 Å². The van der Waals surface area contributed by atoms with Gasteiger partial charge in [-0.25, -0.2) is 5.10 Å². The van der Waals surface area contributed by atoms with Gasteiger partial charge in [-0.2, -0.15) is 14.9 Å². The van der Waals surface area contributed by atoms with Gasteiger partial charge >= 0.3 is 0 Å². The Morgan fingerprint density at radius 2 is 1.81 bits per heavy atom. The van der Waals surface area contributed by atoms with E-state index in [1.165, 1.54) is 10.2 Å². The molecule has 0 aliphatic rings. The van der Waals surface area contributed by atoms with E-state index in [1.807, 2.05) is 55.5 Å². The largest absolute Gasteiger partial charge is 0.497 e. The lowest BCUT2D eigenvalue weighted by Gasteiger charge is -2.11. The van der Waals surface area contributed by atoms with E-state index in [0.717, 1.165) is 5.56 Å². The first-order valence-corrected chi connectivity index (χ1v) is 10.3. The topological polar surface area (TPSA) is 84.3 Å². The molecule has 0 aliphatic carbocycles. The summed E-state index contributed by atoms with van der Waals surface area (Å²) >= 11 is 5.37. The van der Waals surface area contributed by atoms with Crippen LogP contribution in [0.25, 0.3) is 11.4 Å². The Morgan fingerprint density at radius 1 is 1.09 bits per heavy atom. The highest BCUT2D eigenvalue weighted by Crippen LogP contribution is 2.27. The number of nitrogens with one attached hydrogen (secondary N) is 2. The lowest BCUT2D eigenvalue weighted by Crippen LogP contribution is -2.13. The number of nitrogens with zero attached hydrogens (tertiary/aromatic N) is 3. The number of benzene rings is 3. The highest BCUT2D eigenvalue weighted by Gasteiger charge is 2.15. The zero-order valence-corrected chi connectivity index (χ0v) is 18.4. The molecule has 0 unspecified atom stereocenters. The van der Waals surface area contributed by atoms with Gasteiger partial charge in [-0.15, -0.1) is 0 Å². The predicted octanol–water partition coefficient (Wildman–Crippen LogP) is 5.06. The standard InChI is InChI=1S/C24H21N5O2S/c1-16-7-9-17(10-8-16)15-25-29-22(27-28-24(29)32)20-5-3-4-6-21(20)26-23(30)18-11-13-19(31-2)14-12-18/h3-15H,1-2H3,(H,26,30)(H,28,32)/b25-15+. The first kappa shape index (κ1) is 21.2. The van der Waals surface area contributed by atoms with Crippen LogP contribution in [0.4, 0.5) is 5.69 Å². The van der Waals surface area contributed by atoms with Crippen molar-refractivity contribution < 1.29 is 9.53 Å². The van der Waals surface area contributed by atoms with Crippen LogP contribution in [0.5, 0.6) is 5.75 Å². The number of para-hydroxylation sites is 1. The molecule has 4 aromatic rings. The van der Waals surface area contributed by atoms with Crippen molar-refractivity contribution in [1.29, 1.82) is 0 Å². The summed E-state index contributed by atoms with van der Waals surface area (Å²) in [4.78, 5) is 12.8. The molecule has 32 heavy (non-hydrogen) atoms. The molecule has 4 rings (SSSR count). The van der Waals surface area contributed by atoms with Crippen LogP contribution in [0.15, 0.2) is 77.9 Å². The molecule has 1 aromatic heterocycles. The number of rotatable bonds is 6. The first-order valence-electron chi connectivity index (χ1n) is 9.88. The van der Waals surface area contributed by atoms with E-state index in [0.29, 0.717) is 33.2 Å². The minimum absolute atomic E-state index is 0.246. The van der Waals surface area contributed by atoms with Gasteiger partial charge in [0.05, 0.1) is 19.0 Å². The van der Waals surface area contributed by atoms with Gasteiger partial charge in [-0.05, 0) is 61.1 Å². The number of amides is 1. The van der Waals surface area contributed by atoms with Crippen LogP contribution in [-0.4, -0.2) is 34.1 Å². The highest BCUT2D eigenvalue weighted by molar-refractivity contribution is 7.71. The van der Waals surface area contributed by atoms with Gasteiger partial charge < -0.3 is 10.1 Å². The normalized spacial score (nSPS) is 10.9. The molecule has 0 atom stereocenters. The van der Waals surface area contributed by atoms with E-state index < -0.39 is 0 Å². The number of aryl methyl sites for hydroxylation is 1. The van der Waals surface area contributed by atoms with Crippen LogP contribution in [0, 0.1) is 11.7 Å². The summed E-state index contributed by atoms with van der Waals surface area (Å²) in [6.45, 7) is 2.03. The fraction of sp³-hybridized carbons (Fsp3) is 0.0833. The number of hydrogen-bond donors (Lipinski definition) is 2. The number of ether oxygens (including phenoxy) is 1. The maximum atomic E-state index is 12.8. The van der Waals surface area contributed by atoms with Crippen LogP contribution >= 0.6 is 12.2 Å². The first-order chi connectivity index (χ1) is 15.5. The fourth-order valence-corrected chi connectivity index (χ4v) is 3.25. The number of aromatic amines is 1. The Bertz CT molecular complexity index is 1320. The van der Waals surface area contributed by atoms with Crippen molar-refractivity contribution in [3.05, 3.63) is 94.3 Å². The molecule has 0 radical (unpaired) electrons. The monoisotopic (exact) mass is 443 g/mol. The van der Waals surface area contributed by atoms with Crippen LogP contribution in [0.3, 0.4) is 0 Å².